The molecule has 0 bridgehead atoms. The Bertz CT molecular complexity index is 408. The second-order valence-electron chi connectivity index (χ2n) is 4.86. The van der Waals surface area contributed by atoms with E-state index in [9.17, 15) is 4.79 Å². The highest BCUT2D eigenvalue weighted by atomic mass is 35.5. The lowest BCUT2D eigenvalue weighted by Crippen LogP contribution is -2.56. The highest BCUT2D eigenvalue weighted by Crippen LogP contribution is 2.13. The number of rotatable bonds is 3. The van der Waals surface area contributed by atoms with Crippen LogP contribution < -0.4 is 5.32 Å². The summed E-state index contributed by atoms with van der Waals surface area (Å²) in [6.07, 6.45) is 3.72. The average Bonchev–Trinajstić information content (AvgIpc) is 2.80. The number of nitrogens with one attached hydrogen (secondary N) is 1. The SMILES string of the molecule is Cl.O=C(C1CNC1)N1CCOC(Cn2cccn2)C1. The minimum absolute atomic E-state index is 0. The lowest BCUT2D eigenvalue weighted by molar-refractivity contribution is -0.145. The van der Waals surface area contributed by atoms with Crippen molar-refractivity contribution < 1.29 is 9.53 Å². The molecule has 1 unspecified atom stereocenters. The molecule has 0 radical (unpaired) electrons. The van der Waals surface area contributed by atoms with Crippen LogP contribution in [-0.2, 0) is 16.1 Å². The number of hydrogen-bond donors (Lipinski definition) is 1. The molecule has 2 aliphatic rings. The maximum absolute atomic E-state index is 12.1. The molecule has 106 valence electrons. The molecule has 2 fully saturated rings. The smallest absolute Gasteiger partial charge is 0.228 e. The van der Waals surface area contributed by atoms with E-state index in [0.29, 0.717) is 26.2 Å². The molecule has 1 aromatic rings. The quantitative estimate of drug-likeness (QED) is 0.833. The number of amides is 1. The Morgan fingerprint density at radius 1 is 1.47 bits per heavy atom. The number of nitrogens with zero attached hydrogens (tertiary/aromatic N) is 3. The Hall–Kier alpha value is -1.11. The van der Waals surface area contributed by atoms with Crippen LogP contribution in [-0.4, -0.2) is 59.5 Å². The van der Waals surface area contributed by atoms with Crippen molar-refractivity contribution in [3.05, 3.63) is 18.5 Å². The standard InChI is InChI=1S/C12H18N4O2.ClH/c17-12(10-6-13-7-10)15-4-5-18-11(8-15)9-16-3-1-2-14-16;/h1-3,10-11,13H,4-9H2;1H. The highest BCUT2D eigenvalue weighted by Gasteiger charge is 2.32. The van der Waals surface area contributed by atoms with E-state index in [0.717, 1.165) is 13.1 Å². The number of ether oxygens (including phenoxy) is 1. The number of halogens is 1. The van der Waals surface area contributed by atoms with Gasteiger partial charge in [-0.3, -0.25) is 9.48 Å². The molecule has 0 aromatic carbocycles. The van der Waals surface area contributed by atoms with E-state index < -0.39 is 0 Å². The number of carbonyl (C=O) groups is 1. The highest BCUT2D eigenvalue weighted by molar-refractivity contribution is 5.85. The first-order valence-electron chi connectivity index (χ1n) is 6.41. The van der Waals surface area contributed by atoms with Gasteiger partial charge in [0.15, 0.2) is 0 Å². The van der Waals surface area contributed by atoms with Crippen molar-refractivity contribution in [1.29, 1.82) is 0 Å². The Morgan fingerprint density at radius 3 is 2.95 bits per heavy atom. The first-order chi connectivity index (χ1) is 8.83. The summed E-state index contributed by atoms with van der Waals surface area (Å²) in [7, 11) is 0. The molecule has 3 heterocycles. The first-order valence-corrected chi connectivity index (χ1v) is 6.41. The molecule has 1 N–H and O–H groups in total. The molecule has 2 aliphatic heterocycles. The van der Waals surface area contributed by atoms with Gasteiger partial charge in [-0.25, -0.2) is 0 Å². The van der Waals surface area contributed by atoms with Gasteiger partial charge in [-0.1, -0.05) is 0 Å². The van der Waals surface area contributed by atoms with E-state index in [-0.39, 0.29) is 30.3 Å². The van der Waals surface area contributed by atoms with E-state index in [4.69, 9.17) is 4.74 Å². The van der Waals surface area contributed by atoms with E-state index in [1.54, 1.807) is 6.20 Å². The van der Waals surface area contributed by atoms with Crippen LogP contribution in [0.5, 0.6) is 0 Å². The molecule has 19 heavy (non-hydrogen) atoms. The predicted octanol–water partition coefficient (Wildman–Crippen LogP) is -0.248. The van der Waals surface area contributed by atoms with Gasteiger partial charge in [0.25, 0.3) is 0 Å². The van der Waals surface area contributed by atoms with Crippen LogP contribution in [0.15, 0.2) is 18.5 Å². The van der Waals surface area contributed by atoms with Crippen molar-refractivity contribution in [2.45, 2.75) is 12.6 Å². The van der Waals surface area contributed by atoms with Crippen LogP contribution in [0.1, 0.15) is 0 Å². The summed E-state index contributed by atoms with van der Waals surface area (Å²) in [6.45, 7) is 4.36. The van der Waals surface area contributed by atoms with Gasteiger partial charge >= 0.3 is 0 Å². The molecule has 6 nitrogen and oxygen atoms in total. The number of aromatic nitrogens is 2. The molecular formula is C12H19ClN4O2. The summed E-state index contributed by atoms with van der Waals surface area (Å²) in [6, 6.07) is 1.89. The summed E-state index contributed by atoms with van der Waals surface area (Å²) in [5.41, 5.74) is 0. The molecule has 3 rings (SSSR count). The normalized spacial score (nSPS) is 23.6. The fourth-order valence-electron chi connectivity index (χ4n) is 2.37. The van der Waals surface area contributed by atoms with E-state index in [2.05, 4.69) is 10.4 Å². The molecule has 1 amide bonds. The molecule has 1 atom stereocenters. The first kappa shape index (κ1) is 14.3. The maximum Gasteiger partial charge on any atom is 0.228 e. The summed E-state index contributed by atoms with van der Waals surface area (Å²) < 4.78 is 7.54. The van der Waals surface area contributed by atoms with Crippen molar-refractivity contribution in [1.82, 2.24) is 20.0 Å². The molecule has 0 aliphatic carbocycles. The minimum Gasteiger partial charge on any atom is -0.373 e. The number of morpholine rings is 1. The fourth-order valence-corrected chi connectivity index (χ4v) is 2.37. The van der Waals surface area contributed by atoms with Crippen LogP contribution in [0.3, 0.4) is 0 Å². The Morgan fingerprint density at radius 2 is 2.32 bits per heavy atom. The Labute approximate surface area is 118 Å². The van der Waals surface area contributed by atoms with Crippen molar-refractivity contribution in [2.24, 2.45) is 5.92 Å². The molecular weight excluding hydrogens is 268 g/mol. The Balaban J connectivity index is 0.00000133. The zero-order valence-corrected chi connectivity index (χ0v) is 11.5. The summed E-state index contributed by atoms with van der Waals surface area (Å²) in [4.78, 5) is 14.1. The van der Waals surface area contributed by atoms with Gasteiger partial charge in [0.05, 0.1) is 25.2 Å². The maximum atomic E-state index is 12.1. The third kappa shape index (κ3) is 3.26. The van der Waals surface area contributed by atoms with Gasteiger partial charge < -0.3 is 15.0 Å². The van der Waals surface area contributed by atoms with Crippen molar-refractivity contribution >= 4 is 18.3 Å². The van der Waals surface area contributed by atoms with Gasteiger partial charge in [0, 0.05) is 38.6 Å². The lowest BCUT2D eigenvalue weighted by Gasteiger charge is -2.37. The van der Waals surface area contributed by atoms with Gasteiger partial charge in [-0.15, -0.1) is 12.4 Å². The van der Waals surface area contributed by atoms with Crippen LogP contribution in [0.2, 0.25) is 0 Å². The molecule has 0 saturated carbocycles. The molecule has 2 saturated heterocycles. The Kier molecular flexibility index (Phi) is 4.79. The summed E-state index contributed by atoms with van der Waals surface area (Å²) >= 11 is 0. The van der Waals surface area contributed by atoms with Crippen LogP contribution >= 0.6 is 12.4 Å². The zero-order valence-electron chi connectivity index (χ0n) is 10.7. The third-order valence-electron chi connectivity index (χ3n) is 3.53. The van der Waals surface area contributed by atoms with Gasteiger partial charge in [0.1, 0.15) is 0 Å². The van der Waals surface area contributed by atoms with Gasteiger partial charge in [-0.2, -0.15) is 5.10 Å². The van der Waals surface area contributed by atoms with Gasteiger partial charge in [-0.05, 0) is 6.07 Å². The molecule has 1 aromatic heterocycles. The van der Waals surface area contributed by atoms with E-state index in [1.807, 2.05) is 21.8 Å². The van der Waals surface area contributed by atoms with Crippen LogP contribution in [0.25, 0.3) is 0 Å². The van der Waals surface area contributed by atoms with E-state index in [1.165, 1.54) is 0 Å². The average molecular weight is 287 g/mol. The van der Waals surface area contributed by atoms with E-state index >= 15 is 0 Å². The van der Waals surface area contributed by atoms with Crippen LogP contribution in [0.4, 0.5) is 0 Å². The van der Waals surface area contributed by atoms with Crippen molar-refractivity contribution in [3.8, 4) is 0 Å². The van der Waals surface area contributed by atoms with Gasteiger partial charge in [0.2, 0.25) is 5.91 Å². The topological polar surface area (TPSA) is 59.4 Å². The third-order valence-corrected chi connectivity index (χ3v) is 3.53. The number of hydrogen-bond acceptors (Lipinski definition) is 4. The monoisotopic (exact) mass is 286 g/mol. The lowest BCUT2D eigenvalue weighted by atomic mass is 10.0. The zero-order chi connectivity index (χ0) is 12.4. The molecule has 0 spiro atoms. The van der Waals surface area contributed by atoms with Crippen LogP contribution in [0, 0.1) is 5.92 Å². The molecule has 7 heteroatoms. The second kappa shape index (κ2) is 6.36. The summed E-state index contributed by atoms with van der Waals surface area (Å²) in [5, 5.41) is 7.30. The number of carbonyl (C=O) groups excluding carboxylic acids is 1. The predicted molar refractivity (Wildman–Crippen MR) is 72.2 cm³/mol. The second-order valence-corrected chi connectivity index (χ2v) is 4.86. The largest absolute Gasteiger partial charge is 0.373 e. The van der Waals surface area contributed by atoms with Crippen molar-refractivity contribution in [3.63, 3.8) is 0 Å². The van der Waals surface area contributed by atoms with Crippen molar-refractivity contribution in [2.75, 3.05) is 32.8 Å². The fraction of sp³-hybridized carbons (Fsp3) is 0.667. The summed E-state index contributed by atoms with van der Waals surface area (Å²) in [5.74, 6) is 0.441. The minimum atomic E-state index is 0.